The molecule has 1 aromatic rings. The van der Waals surface area contributed by atoms with Crippen LogP contribution in [-0.2, 0) is 0 Å². The molecule has 3 heteroatoms. The number of hydrogen-bond acceptors (Lipinski definition) is 2. The third-order valence-electron chi connectivity index (χ3n) is 3.81. The minimum atomic E-state index is -0.295. The summed E-state index contributed by atoms with van der Waals surface area (Å²) in [5, 5.41) is 3.38. The maximum atomic E-state index is 12.8. The van der Waals surface area contributed by atoms with Gasteiger partial charge in [0.15, 0.2) is 5.78 Å². The van der Waals surface area contributed by atoms with Gasteiger partial charge in [0.1, 0.15) is 5.82 Å². The minimum absolute atomic E-state index is 0.119. The molecule has 98 valence electrons. The van der Waals surface area contributed by atoms with E-state index in [0.29, 0.717) is 23.8 Å². The van der Waals surface area contributed by atoms with E-state index in [9.17, 15) is 9.18 Å². The molecule has 2 rings (SSSR count). The molecular weight excluding hydrogens is 229 g/mol. The summed E-state index contributed by atoms with van der Waals surface area (Å²) in [5.41, 5.74) is 0.618. The average molecular weight is 249 g/mol. The lowest BCUT2D eigenvalue weighted by molar-refractivity contribution is 0.0943. The fraction of sp³-hybridized carbons (Fsp3) is 0.533. The fourth-order valence-electron chi connectivity index (χ4n) is 2.58. The maximum absolute atomic E-state index is 12.8. The Hall–Kier alpha value is -1.22. The molecule has 0 amide bonds. The number of hydrogen-bond donors (Lipinski definition) is 1. The Kier molecular flexibility index (Phi) is 4.48. The predicted octanol–water partition coefficient (Wildman–Crippen LogP) is 3.03. The van der Waals surface area contributed by atoms with Crippen LogP contribution >= 0.6 is 0 Å². The number of rotatable bonds is 4. The van der Waals surface area contributed by atoms with Crippen molar-refractivity contribution in [2.45, 2.75) is 26.2 Å². The second-order valence-electron chi connectivity index (χ2n) is 5.22. The number of benzene rings is 1. The van der Waals surface area contributed by atoms with E-state index in [1.807, 2.05) is 0 Å². The quantitative estimate of drug-likeness (QED) is 0.831. The van der Waals surface area contributed by atoms with Crippen molar-refractivity contribution in [3.63, 3.8) is 0 Å². The third-order valence-corrected chi connectivity index (χ3v) is 3.81. The van der Waals surface area contributed by atoms with Crippen LogP contribution < -0.4 is 5.32 Å². The molecule has 1 aliphatic heterocycles. The van der Waals surface area contributed by atoms with Gasteiger partial charge < -0.3 is 5.32 Å². The molecule has 1 aromatic carbocycles. The summed E-state index contributed by atoms with van der Waals surface area (Å²) in [6.07, 6.45) is 2.95. The van der Waals surface area contributed by atoms with Crippen molar-refractivity contribution in [2.75, 3.05) is 13.1 Å². The van der Waals surface area contributed by atoms with E-state index >= 15 is 0 Å². The lowest BCUT2D eigenvalue weighted by Crippen LogP contribution is -2.34. The smallest absolute Gasteiger partial charge is 0.163 e. The average Bonchev–Trinajstić information content (AvgIpc) is 2.40. The number of nitrogens with one attached hydrogen (secondary N) is 1. The normalized spacial score (nSPS) is 21.6. The molecule has 1 heterocycles. The van der Waals surface area contributed by atoms with Gasteiger partial charge in [-0.05, 0) is 62.0 Å². The summed E-state index contributed by atoms with van der Waals surface area (Å²) in [5.74, 6) is 0.794. The van der Waals surface area contributed by atoms with Gasteiger partial charge in [0.2, 0.25) is 0 Å². The SMILES string of the molecule is CC(CC(=O)c1ccc(F)cc1)C1CCCNC1. The summed E-state index contributed by atoms with van der Waals surface area (Å²) in [6, 6.07) is 5.84. The first-order valence-corrected chi connectivity index (χ1v) is 6.66. The van der Waals surface area contributed by atoms with Gasteiger partial charge in [-0.15, -0.1) is 0 Å². The maximum Gasteiger partial charge on any atom is 0.163 e. The Morgan fingerprint density at radius 3 is 2.78 bits per heavy atom. The zero-order valence-corrected chi connectivity index (χ0v) is 10.8. The van der Waals surface area contributed by atoms with E-state index in [1.165, 1.54) is 25.0 Å². The molecule has 2 atom stereocenters. The van der Waals surface area contributed by atoms with Gasteiger partial charge in [0, 0.05) is 12.0 Å². The lowest BCUT2D eigenvalue weighted by atomic mass is 9.83. The van der Waals surface area contributed by atoms with Gasteiger partial charge in [-0.1, -0.05) is 6.92 Å². The first kappa shape index (κ1) is 13.2. The minimum Gasteiger partial charge on any atom is -0.316 e. The molecule has 0 aliphatic carbocycles. The van der Waals surface area contributed by atoms with E-state index in [1.54, 1.807) is 12.1 Å². The van der Waals surface area contributed by atoms with E-state index in [0.717, 1.165) is 13.1 Å². The summed E-state index contributed by atoms with van der Waals surface area (Å²) in [4.78, 5) is 12.1. The molecular formula is C15H20FNO. The van der Waals surface area contributed by atoms with Crippen molar-refractivity contribution in [3.8, 4) is 0 Å². The van der Waals surface area contributed by atoms with Crippen LogP contribution in [-0.4, -0.2) is 18.9 Å². The number of Topliss-reactive ketones (excluding diaryl/α,β-unsaturated/α-hetero) is 1. The molecule has 1 fully saturated rings. The van der Waals surface area contributed by atoms with Crippen molar-refractivity contribution < 1.29 is 9.18 Å². The van der Waals surface area contributed by atoms with Gasteiger partial charge in [-0.25, -0.2) is 4.39 Å². The largest absolute Gasteiger partial charge is 0.316 e. The Morgan fingerprint density at radius 2 is 2.17 bits per heavy atom. The van der Waals surface area contributed by atoms with Crippen LogP contribution in [0, 0.1) is 17.7 Å². The molecule has 0 spiro atoms. The second kappa shape index (κ2) is 6.10. The highest BCUT2D eigenvalue weighted by atomic mass is 19.1. The van der Waals surface area contributed by atoms with Gasteiger partial charge >= 0.3 is 0 Å². The molecule has 2 unspecified atom stereocenters. The number of carbonyl (C=O) groups is 1. The number of ketones is 1. The number of piperidine rings is 1. The van der Waals surface area contributed by atoms with Crippen molar-refractivity contribution in [2.24, 2.45) is 11.8 Å². The summed E-state index contributed by atoms with van der Waals surface area (Å²) < 4.78 is 12.8. The molecule has 1 saturated heterocycles. The van der Waals surface area contributed by atoms with Crippen molar-refractivity contribution in [1.82, 2.24) is 5.32 Å². The second-order valence-corrected chi connectivity index (χ2v) is 5.22. The Labute approximate surface area is 108 Å². The zero-order chi connectivity index (χ0) is 13.0. The predicted molar refractivity (Wildman–Crippen MR) is 70.1 cm³/mol. The van der Waals surface area contributed by atoms with E-state index in [-0.39, 0.29) is 11.6 Å². The highest BCUT2D eigenvalue weighted by Gasteiger charge is 2.22. The summed E-state index contributed by atoms with van der Waals surface area (Å²) in [6.45, 7) is 4.24. The van der Waals surface area contributed by atoms with Gasteiger partial charge in [0.25, 0.3) is 0 Å². The Morgan fingerprint density at radius 1 is 1.44 bits per heavy atom. The topological polar surface area (TPSA) is 29.1 Å². The van der Waals surface area contributed by atoms with Crippen LogP contribution in [0.15, 0.2) is 24.3 Å². The zero-order valence-electron chi connectivity index (χ0n) is 10.8. The van der Waals surface area contributed by atoms with Crippen molar-refractivity contribution in [3.05, 3.63) is 35.6 Å². The van der Waals surface area contributed by atoms with Crippen LogP contribution in [0.4, 0.5) is 4.39 Å². The van der Waals surface area contributed by atoms with E-state index in [2.05, 4.69) is 12.2 Å². The van der Waals surface area contributed by atoms with Crippen LogP contribution in [0.3, 0.4) is 0 Å². The van der Waals surface area contributed by atoms with Crippen molar-refractivity contribution in [1.29, 1.82) is 0 Å². The molecule has 0 bridgehead atoms. The highest BCUT2D eigenvalue weighted by molar-refractivity contribution is 5.96. The van der Waals surface area contributed by atoms with Crippen LogP contribution in [0.25, 0.3) is 0 Å². The molecule has 2 nitrogen and oxygen atoms in total. The van der Waals surface area contributed by atoms with Crippen LogP contribution in [0.5, 0.6) is 0 Å². The molecule has 18 heavy (non-hydrogen) atoms. The first-order valence-electron chi connectivity index (χ1n) is 6.66. The molecule has 1 aliphatic rings. The summed E-state index contributed by atoms with van der Waals surface area (Å²) >= 11 is 0. The molecule has 0 aromatic heterocycles. The van der Waals surface area contributed by atoms with Gasteiger partial charge in [-0.2, -0.15) is 0 Å². The molecule has 0 radical (unpaired) electrons. The van der Waals surface area contributed by atoms with E-state index in [4.69, 9.17) is 0 Å². The molecule has 1 N–H and O–H groups in total. The first-order chi connectivity index (χ1) is 8.66. The number of halogens is 1. The van der Waals surface area contributed by atoms with Crippen molar-refractivity contribution >= 4 is 5.78 Å². The number of carbonyl (C=O) groups excluding carboxylic acids is 1. The molecule has 0 saturated carbocycles. The van der Waals surface area contributed by atoms with Gasteiger partial charge in [-0.3, -0.25) is 4.79 Å². The van der Waals surface area contributed by atoms with Crippen LogP contribution in [0.1, 0.15) is 36.5 Å². The van der Waals surface area contributed by atoms with Crippen LogP contribution in [0.2, 0.25) is 0 Å². The van der Waals surface area contributed by atoms with E-state index < -0.39 is 0 Å². The summed E-state index contributed by atoms with van der Waals surface area (Å²) in [7, 11) is 0. The third kappa shape index (κ3) is 3.39. The monoisotopic (exact) mass is 249 g/mol. The standard InChI is InChI=1S/C15H20FNO/c1-11(13-3-2-8-17-10-13)9-15(18)12-4-6-14(16)7-5-12/h4-7,11,13,17H,2-3,8-10H2,1H3. The Bertz CT molecular complexity index is 395. The Balaban J connectivity index is 1.91. The fourth-order valence-corrected chi connectivity index (χ4v) is 2.58. The highest BCUT2D eigenvalue weighted by Crippen LogP contribution is 2.24. The van der Waals surface area contributed by atoms with Gasteiger partial charge in [0.05, 0.1) is 0 Å². The lowest BCUT2D eigenvalue weighted by Gasteiger charge is -2.28.